The van der Waals surface area contributed by atoms with Crippen LogP contribution >= 0.6 is 0 Å². The summed E-state index contributed by atoms with van der Waals surface area (Å²) in [5, 5.41) is 12.8. The van der Waals surface area contributed by atoms with E-state index in [1.54, 1.807) is 13.3 Å². The number of hydrogen-bond donors (Lipinski definition) is 3. The second-order valence-corrected chi connectivity index (χ2v) is 3.78. The summed E-state index contributed by atoms with van der Waals surface area (Å²) in [6.45, 7) is 3.77. The molecule has 1 unspecified atom stereocenters. The molecule has 1 heterocycles. The zero-order chi connectivity index (χ0) is 12.5. The molecule has 0 fully saturated rings. The molecule has 6 heteroatoms. The van der Waals surface area contributed by atoms with Crippen LogP contribution in [0.4, 0.5) is 0 Å². The minimum Gasteiger partial charge on any atom is -0.383 e. The topological polar surface area (TPSA) is 79.0 Å². The molecule has 0 aromatic carbocycles. The van der Waals surface area contributed by atoms with E-state index in [2.05, 4.69) is 20.8 Å². The monoisotopic (exact) mass is 240 g/mol. The SMILES string of the molecule is COCCNC(=O)CCNC(C)c1ccn[nH]1. The van der Waals surface area contributed by atoms with Crippen molar-refractivity contribution in [3.8, 4) is 0 Å². The van der Waals surface area contributed by atoms with Crippen LogP contribution < -0.4 is 10.6 Å². The fourth-order valence-corrected chi connectivity index (χ4v) is 1.40. The standard InChI is InChI=1S/C11H20N4O2/c1-9(10-3-6-14-15-10)12-5-4-11(16)13-7-8-17-2/h3,6,9,12H,4-5,7-8H2,1-2H3,(H,13,16)(H,14,15). The summed E-state index contributed by atoms with van der Waals surface area (Å²) >= 11 is 0. The van der Waals surface area contributed by atoms with Gasteiger partial charge < -0.3 is 15.4 Å². The average Bonchev–Trinajstić information content (AvgIpc) is 2.82. The van der Waals surface area contributed by atoms with Crippen LogP contribution in [0.3, 0.4) is 0 Å². The maximum absolute atomic E-state index is 11.4. The number of carbonyl (C=O) groups is 1. The van der Waals surface area contributed by atoms with Gasteiger partial charge in [0.25, 0.3) is 0 Å². The second-order valence-electron chi connectivity index (χ2n) is 3.78. The molecule has 0 saturated carbocycles. The molecule has 1 rings (SSSR count). The molecule has 0 aliphatic heterocycles. The summed E-state index contributed by atoms with van der Waals surface area (Å²) in [7, 11) is 1.61. The van der Waals surface area contributed by atoms with Crippen molar-refractivity contribution in [3.05, 3.63) is 18.0 Å². The van der Waals surface area contributed by atoms with Gasteiger partial charge in [-0.05, 0) is 13.0 Å². The molecule has 1 atom stereocenters. The number of aromatic nitrogens is 2. The molecular formula is C11H20N4O2. The Hall–Kier alpha value is -1.40. The third-order valence-electron chi connectivity index (χ3n) is 2.42. The zero-order valence-electron chi connectivity index (χ0n) is 10.3. The summed E-state index contributed by atoms with van der Waals surface area (Å²) in [6, 6.07) is 2.08. The molecule has 0 radical (unpaired) electrons. The Morgan fingerprint density at radius 3 is 3.06 bits per heavy atom. The van der Waals surface area contributed by atoms with Crippen molar-refractivity contribution >= 4 is 5.91 Å². The number of H-pyrrole nitrogens is 1. The van der Waals surface area contributed by atoms with Crippen LogP contribution in [0.15, 0.2) is 12.3 Å². The van der Waals surface area contributed by atoms with Gasteiger partial charge in [0.05, 0.1) is 12.3 Å². The van der Waals surface area contributed by atoms with Crippen molar-refractivity contribution < 1.29 is 9.53 Å². The zero-order valence-corrected chi connectivity index (χ0v) is 10.3. The number of rotatable bonds is 8. The van der Waals surface area contributed by atoms with Crippen LogP contribution in [0.1, 0.15) is 25.1 Å². The fourth-order valence-electron chi connectivity index (χ4n) is 1.40. The Kier molecular flexibility index (Phi) is 6.27. The predicted octanol–water partition coefficient (Wildman–Crippen LogP) is 0.213. The molecule has 17 heavy (non-hydrogen) atoms. The molecule has 96 valence electrons. The van der Waals surface area contributed by atoms with E-state index in [1.807, 2.05) is 13.0 Å². The molecule has 0 aliphatic rings. The molecule has 0 spiro atoms. The number of hydrogen-bond acceptors (Lipinski definition) is 4. The van der Waals surface area contributed by atoms with E-state index in [1.165, 1.54) is 0 Å². The molecule has 1 amide bonds. The van der Waals surface area contributed by atoms with Crippen molar-refractivity contribution in [3.63, 3.8) is 0 Å². The van der Waals surface area contributed by atoms with Gasteiger partial charge in [-0.3, -0.25) is 9.89 Å². The molecule has 0 aliphatic carbocycles. The number of aromatic amines is 1. The fraction of sp³-hybridized carbons (Fsp3) is 0.636. The first-order valence-electron chi connectivity index (χ1n) is 5.72. The lowest BCUT2D eigenvalue weighted by molar-refractivity contribution is -0.121. The highest BCUT2D eigenvalue weighted by Crippen LogP contribution is 2.06. The van der Waals surface area contributed by atoms with Gasteiger partial charge in [0.15, 0.2) is 0 Å². The van der Waals surface area contributed by atoms with Gasteiger partial charge in [-0.25, -0.2) is 0 Å². The van der Waals surface area contributed by atoms with Crippen LogP contribution in [0.5, 0.6) is 0 Å². The Labute approximate surface area is 101 Å². The molecule has 6 nitrogen and oxygen atoms in total. The van der Waals surface area contributed by atoms with Gasteiger partial charge in [0, 0.05) is 38.9 Å². The normalized spacial score (nSPS) is 12.4. The third-order valence-corrected chi connectivity index (χ3v) is 2.42. The molecule has 1 aromatic rings. The highest BCUT2D eigenvalue weighted by Gasteiger charge is 2.06. The first kappa shape index (κ1) is 13.7. The molecule has 1 aromatic heterocycles. The summed E-state index contributed by atoms with van der Waals surface area (Å²) in [5.74, 6) is 0.0337. The molecule has 0 saturated heterocycles. The lowest BCUT2D eigenvalue weighted by Gasteiger charge is -2.11. The van der Waals surface area contributed by atoms with Crippen molar-refractivity contribution in [1.82, 2.24) is 20.8 Å². The largest absolute Gasteiger partial charge is 0.383 e. The summed E-state index contributed by atoms with van der Waals surface area (Å²) < 4.78 is 4.84. The van der Waals surface area contributed by atoms with E-state index in [9.17, 15) is 4.79 Å². The Morgan fingerprint density at radius 1 is 1.59 bits per heavy atom. The number of nitrogens with zero attached hydrogens (tertiary/aromatic N) is 1. The second kappa shape index (κ2) is 7.81. The highest BCUT2D eigenvalue weighted by atomic mass is 16.5. The Morgan fingerprint density at radius 2 is 2.41 bits per heavy atom. The van der Waals surface area contributed by atoms with Gasteiger partial charge in [-0.1, -0.05) is 0 Å². The van der Waals surface area contributed by atoms with E-state index >= 15 is 0 Å². The maximum Gasteiger partial charge on any atom is 0.221 e. The van der Waals surface area contributed by atoms with Gasteiger partial charge >= 0.3 is 0 Å². The Balaban J connectivity index is 2.09. The van der Waals surface area contributed by atoms with E-state index in [0.29, 0.717) is 26.1 Å². The lowest BCUT2D eigenvalue weighted by Crippen LogP contribution is -2.30. The van der Waals surface area contributed by atoms with Crippen LogP contribution in [-0.2, 0) is 9.53 Å². The lowest BCUT2D eigenvalue weighted by atomic mass is 10.2. The molecule has 0 bridgehead atoms. The number of nitrogens with one attached hydrogen (secondary N) is 3. The van der Waals surface area contributed by atoms with Crippen molar-refractivity contribution in [2.45, 2.75) is 19.4 Å². The summed E-state index contributed by atoms with van der Waals surface area (Å²) in [5.41, 5.74) is 1.02. The summed E-state index contributed by atoms with van der Waals surface area (Å²) in [6.07, 6.45) is 2.17. The van der Waals surface area contributed by atoms with Crippen LogP contribution in [0.25, 0.3) is 0 Å². The third kappa shape index (κ3) is 5.46. The van der Waals surface area contributed by atoms with E-state index in [4.69, 9.17) is 4.74 Å². The first-order valence-corrected chi connectivity index (χ1v) is 5.72. The molecule has 3 N–H and O–H groups in total. The quantitative estimate of drug-likeness (QED) is 0.568. The van der Waals surface area contributed by atoms with Crippen LogP contribution in [0, 0.1) is 0 Å². The van der Waals surface area contributed by atoms with Gasteiger partial charge in [0.1, 0.15) is 0 Å². The van der Waals surface area contributed by atoms with E-state index < -0.39 is 0 Å². The average molecular weight is 240 g/mol. The van der Waals surface area contributed by atoms with Gasteiger partial charge in [-0.15, -0.1) is 0 Å². The van der Waals surface area contributed by atoms with Crippen LogP contribution in [0.2, 0.25) is 0 Å². The van der Waals surface area contributed by atoms with Crippen molar-refractivity contribution in [1.29, 1.82) is 0 Å². The maximum atomic E-state index is 11.4. The van der Waals surface area contributed by atoms with Gasteiger partial charge in [-0.2, -0.15) is 5.10 Å². The number of methoxy groups -OCH3 is 1. The predicted molar refractivity (Wildman–Crippen MR) is 64.5 cm³/mol. The van der Waals surface area contributed by atoms with Crippen LogP contribution in [-0.4, -0.2) is 42.9 Å². The number of ether oxygens (including phenoxy) is 1. The summed E-state index contributed by atoms with van der Waals surface area (Å²) in [4.78, 5) is 11.4. The van der Waals surface area contributed by atoms with E-state index in [-0.39, 0.29) is 11.9 Å². The highest BCUT2D eigenvalue weighted by molar-refractivity contribution is 5.76. The Bertz CT molecular complexity index is 313. The van der Waals surface area contributed by atoms with Gasteiger partial charge in [0.2, 0.25) is 5.91 Å². The number of amides is 1. The minimum atomic E-state index is 0.0337. The minimum absolute atomic E-state index is 0.0337. The number of carbonyl (C=O) groups excluding carboxylic acids is 1. The smallest absolute Gasteiger partial charge is 0.221 e. The van der Waals surface area contributed by atoms with E-state index in [0.717, 1.165) is 5.69 Å². The van der Waals surface area contributed by atoms with Crippen molar-refractivity contribution in [2.75, 3.05) is 26.8 Å². The molecular weight excluding hydrogens is 220 g/mol. The first-order chi connectivity index (χ1) is 8.24. The van der Waals surface area contributed by atoms with Crippen molar-refractivity contribution in [2.24, 2.45) is 0 Å².